The number of carbonyl (C=O) groups excluding carboxylic acids is 1. The summed E-state index contributed by atoms with van der Waals surface area (Å²) in [5, 5.41) is 3.01. The molecular weight excluding hydrogens is 506 g/mol. The van der Waals surface area contributed by atoms with Gasteiger partial charge >= 0.3 is 0 Å². The van der Waals surface area contributed by atoms with Crippen LogP contribution < -0.4 is 24.2 Å². The van der Waals surface area contributed by atoms with Gasteiger partial charge in [0.2, 0.25) is 5.91 Å². The van der Waals surface area contributed by atoms with E-state index in [2.05, 4.69) is 15.0 Å². The Morgan fingerprint density at radius 1 is 0.889 bits per heavy atom. The van der Waals surface area contributed by atoms with Gasteiger partial charge in [0.05, 0.1) is 32.0 Å². The van der Waals surface area contributed by atoms with E-state index < -0.39 is 10.0 Å². The number of ether oxygens (including phenoxy) is 3. The molecule has 10 nitrogen and oxygen atoms in total. The fraction of sp³-hybridized carbons (Fsp3) is 0.167. The van der Waals surface area contributed by atoms with E-state index in [0.29, 0.717) is 39.7 Å². The summed E-state index contributed by atoms with van der Waals surface area (Å²) < 4.78 is 49.3. The van der Waals surface area contributed by atoms with Gasteiger partial charge in [0.1, 0.15) is 22.8 Å². The number of benzene rings is 3. The minimum atomic E-state index is -3.85. The zero-order valence-corrected chi connectivity index (χ0v) is 21.2. The molecule has 0 fully saturated rings. The fourth-order valence-electron chi connectivity index (χ4n) is 3.19. The van der Waals surface area contributed by atoms with Crippen LogP contribution in [0.1, 0.15) is 0 Å². The topological polar surface area (TPSA) is 129 Å². The molecule has 0 unspecified atom stereocenters. The van der Waals surface area contributed by atoms with Crippen molar-refractivity contribution in [2.75, 3.05) is 37.1 Å². The highest BCUT2D eigenvalue weighted by molar-refractivity contribution is 7.99. The molecule has 36 heavy (non-hydrogen) atoms. The second kappa shape index (κ2) is 10.8. The van der Waals surface area contributed by atoms with E-state index in [4.69, 9.17) is 18.6 Å². The van der Waals surface area contributed by atoms with Crippen LogP contribution in [-0.4, -0.2) is 46.4 Å². The van der Waals surface area contributed by atoms with E-state index in [1.54, 1.807) is 42.5 Å². The van der Waals surface area contributed by atoms with Gasteiger partial charge in [-0.1, -0.05) is 11.8 Å². The van der Waals surface area contributed by atoms with Gasteiger partial charge in [0.25, 0.3) is 15.2 Å². The largest absolute Gasteiger partial charge is 0.497 e. The molecule has 4 rings (SSSR count). The van der Waals surface area contributed by atoms with Crippen LogP contribution in [0.25, 0.3) is 11.1 Å². The predicted octanol–water partition coefficient (Wildman–Crippen LogP) is 4.39. The van der Waals surface area contributed by atoms with Crippen LogP contribution in [0.15, 0.2) is 75.2 Å². The monoisotopic (exact) mass is 529 g/mol. The average Bonchev–Trinajstić information content (AvgIpc) is 3.30. The van der Waals surface area contributed by atoms with Crippen LogP contribution >= 0.6 is 11.8 Å². The van der Waals surface area contributed by atoms with Gasteiger partial charge in [-0.15, -0.1) is 0 Å². The van der Waals surface area contributed by atoms with Gasteiger partial charge in [0, 0.05) is 29.6 Å². The summed E-state index contributed by atoms with van der Waals surface area (Å²) in [6, 6.07) is 15.9. The lowest BCUT2D eigenvalue weighted by Gasteiger charge is -2.09. The maximum absolute atomic E-state index is 12.8. The summed E-state index contributed by atoms with van der Waals surface area (Å²) in [5.74, 6) is 1.44. The first kappa shape index (κ1) is 25.2. The third kappa shape index (κ3) is 6.01. The number of rotatable bonds is 10. The van der Waals surface area contributed by atoms with Crippen LogP contribution in [0, 0.1) is 0 Å². The van der Waals surface area contributed by atoms with Crippen molar-refractivity contribution in [1.82, 2.24) is 4.98 Å². The average molecular weight is 530 g/mol. The first-order valence-electron chi connectivity index (χ1n) is 10.5. The number of amides is 1. The molecule has 0 aliphatic rings. The van der Waals surface area contributed by atoms with Crippen LogP contribution in [0.3, 0.4) is 0 Å². The lowest BCUT2D eigenvalue weighted by molar-refractivity contribution is -0.113. The number of hydrogen-bond donors (Lipinski definition) is 2. The molecule has 0 aliphatic carbocycles. The number of carbonyl (C=O) groups is 1. The lowest BCUT2D eigenvalue weighted by atomic mass is 10.2. The van der Waals surface area contributed by atoms with Crippen molar-refractivity contribution in [3.63, 3.8) is 0 Å². The molecule has 0 saturated carbocycles. The minimum Gasteiger partial charge on any atom is -0.497 e. The summed E-state index contributed by atoms with van der Waals surface area (Å²) >= 11 is 1.08. The Morgan fingerprint density at radius 3 is 2.19 bits per heavy atom. The van der Waals surface area contributed by atoms with Crippen molar-refractivity contribution in [1.29, 1.82) is 0 Å². The third-order valence-electron chi connectivity index (χ3n) is 4.95. The number of fused-ring (bicyclic) bond motifs is 1. The molecular formula is C24H23N3O7S2. The molecule has 4 aromatic rings. The molecule has 188 valence electrons. The van der Waals surface area contributed by atoms with E-state index in [9.17, 15) is 13.2 Å². The van der Waals surface area contributed by atoms with Crippen LogP contribution in [0.5, 0.6) is 17.2 Å². The lowest BCUT2D eigenvalue weighted by Crippen LogP contribution is -2.14. The molecule has 0 radical (unpaired) electrons. The Morgan fingerprint density at radius 2 is 1.56 bits per heavy atom. The van der Waals surface area contributed by atoms with Crippen molar-refractivity contribution >= 4 is 50.2 Å². The first-order valence-corrected chi connectivity index (χ1v) is 13.0. The standard InChI is InChI=1S/C24H23N3O7S2/c1-31-17-6-4-15(5-7-17)27-36(29,30)20-8-9-22-21(13-20)26-24(34-22)35-14-23(28)25-16-10-18(32-2)12-19(11-16)33-3/h4-13,27H,14H2,1-3H3,(H,25,28). The molecule has 0 atom stereocenters. The number of methoxy groups -OCH3 is 3. The normalized spacial score (nSPS) is 11.2. The number of oxazole rings is 1. The number of nitrogens with one attached hydrogen (secondary N) is 2. The van der Waals surface area contributed by atoms with Gasteiger partial charge in [-0.3, -0.25) is 9.52 Å². The molecule has 3 aromatic carbocycles. The van der Waals surface area contributed by atoms with Gasteiger partial charge in [-0.25, -0.2) is 13.4 Å². The molecule has 1 aromatic heterocycles. The van der Waals surface area contributed by atoms with E-state index in [1.165, 1.54) is 39.5 Å². The van der Waals surface area contributed by atoms with Gasteiger partial charge < -0.3 is 23.9 Å². The Labute approximate surface area is 212 Å². The summed E-state index contributed by atoms with van der Waals surface area (Å²) in [6.45, 7) is 0. The predicted molar refractivity (Wildman–Crippen MR) is 137 cm³/mol. The number of hydrogen-bond acceptors (Lipinski definition) is 9. The molecule has 1 amide bonds. The number of aromatic nitrogens is 1. The van der Waals surface area contributed by atoms with Crippen molar-refractivity contribution in [3.8, 4) is 17.2 Å². The number of anilines is 2. The number of sulfonamides is 1. The molecule has 0 aliphatic heterocycles. The van der Waals surface area contributed by atoms with Crippen molar-refractivity contribution in [2.45, 2.75) is 10.1 Å². The van der Waals surface area contributed by atoms with E-state index >= 15 is 0 Å². The van der Waals surface area contributed by atoms with Crippen LogP contribution in [0.4, 0.5) is 11.4 Å². The SMILES string of the molecule is COc1ccc(NS(=O)(=O)c2ccc3oc(SCC(=O)Nc4cc(OC)cc(OC)c4)nc3c2)cc1. The quantitative estimate of drug-likeness (QED) is 0.287. The number of nitrogens with zero attached hydrogens (tertiary/aromatic N) is 1. The highest BCUT2D eigenvalue weighted by Gasteiger charge is 2.18. The Kier molecular flexibility index (Phi) is 7.55. The summed E-state index contributed by atoms with van der Waals surface area (Å²) in [7, 11) is 0.726. The molecule has 12 heteroatoms. The maximum atomic E-state index is 12.8. The van der Waals surface area contributed by atoms with Crippen molar-refractivity contribution in [3.05, 3.63) is 60.7 Å². The maximum Gasteiger partial charge on any atom is 0.261 e. The Bertz CT molecular complexity index is 1460. The molecule has 0 saturated heterocycles. The summed E-state index contributed by atoms with van der Waals surface area (Å²) in [6.07, 6.45) is 0. The molecule has 0 bridgehead atoms. The molecule has 0 spiro atoms. The van der Waals surface area contributed by atoms with E-state index in [0.717, 1.165) is 11.8 Å². The molecule has 1 heterocycles. The highest BCUT2D eigenvalue weighted by Crippen LogP contribution is 2.28. The van der Waals surface area contributed by atoms with Crippen LogP contribution in [0.2, 0.25) is 0 Å². The van der Waals surface area contributed by atoms with Crippen LogP contribution in [-0.2, 0) is 14.8 Å². The van der Waals surface area contributed by atoms with Gasteiger partial charge in [0.15, 0.2) is 5.58 Å². The summed E-state index contributed by atoms with van der Waals surface area (Å²) in [4.78, 5) is 16.8. The minimum absolute atomic E-state index is 0.0243. The second-order valence-electron chi connectivity index (χ2n) is 7.38. The molecule has 2 N–H and O–H groups in total. The second-order valence-corrected chi connectivity index (χ2v) is 9.99. The highest BCUT2D eigenvalue weighted by atomic mass is 32.2. The van der Waals surface area contributed by atoms with Crippen molar-refractivity contribution < 1.29 is 31.8 Å². The fourth-order valence-corrected chi connectivity index (χ4v) is 4.91. The zero-order chi connectivity index (χ0) is 25.7. The third-order valence-corrected chi connectivity index (χ3v) is 7.16. The van der Waals surface area contributed by atoms with Gasteiger partial charge in [-0.2, -0.15) is 0 Å². The van der Waals surface area contributed by atoms with E-state index in [-0.39, 0.29) is 21.8 Å². The van der Waals surface area contributed by atoms with Gasteiger partial charge in [-0.05, 0) is 42.5 Å². The smallest absolute Gasteiger partial charge is 0.261 e. The van der Waals surface area contributed by atoms with E-state index in [1.807, 2.05) is 0 Å². The number of thioether (sulfide) groups is 1. The Balaban J connectivity index is 1.42. The summed E-state index contributed by atoms with van der Waals surface area (Å²) in [5.41, 5.74) is 1.67. The Hall–Kier alpha value is -3.90. The van der Waals surface area contributed by atoms with Crippen molar-refractivity contribution in [2.24, 2.45) is 0 Å². The zero-order valence-electron chi connectivity index (χ0n) is 19.6. The first-order chi connectivity index (χ1) is 17.3.